The lowest BCUT2D eigenvalue weighted by atomic mass is 10.1. The first-order chi connectivity index (χ1) is 13.1. The monoisotopic (exact) mass is 362 g/mol. The maximum atomic E-state index is 12.1. The maximum absolute atomic E-state index is 12.1. The summed E-state index contributed by atoms with van der Waals surface area (Å²) in [5, 5.41) is 2.85. The molecule has 0 aliphatic heterocycles. The van der Waals surface area contributed by atoms with Crippen molar-refractivity contribution in [1.29, 1.82) is 0 Å². The first-order valence-electron chi connectivity index (χ1n) is 8.87. The number of nitrogens with zero attached hydrogens (tertiary/aromatic N) is 3. The van der Waals surface area contributed by atoms with Crippen LogP contribution in [0.1, 0.15) is 23.7 Å². The molecule has 0 spiro atoms. The van der Waals surface area contributed by atoms with E-state index in [-0.39, 0.29) is 12.5 Å². The SMILES string of the molecule is CCc1cc(OCC(=O)NCc2ccc(C)cc2)nc(-c2ccncc2)n1. The highest BCUT2D eigenvalue weighted by Gasteiger charge is 2.09. The highest BCUT2D eigenvalue weighted by Crippen LogP contribution is 2.18. The molecular formula is C21H22N4O2. The van der Waals surface area contributed by atoms with Crippen LogP contribution in [0.25, 0.3) is 11.4 Å². The van der Waals surface area contributed by atoms with Crippen molar-refractivity contribution >= 4 is 5.91 Å². The van der Waals surface area contributed by atoms with Gasteiger partial charge in [0.25, 0.3) is 5.91 Å². The maximum Gasteiger partial charge on any atom is 0.258 e. The van der Waals surface area contributed by atoms with E-state index in [4.69, 9.17) is 4.74 Å². The van der Waals surface area contributed by atoms with Crippen molar-refractivity contribution in [3.8, 4) is 17.3 Å². The van der Waals surface area contributed by atoms with Crippen LogP contribution in [0.15, 0.2) is 54.9 Å². The molecule has 0 atom stereocenters. The first-order valence-corrected chi connectivity index (χ1v) is 8.87. The number of aromatic nitrogens is 3. The number of hydrogen-bond acceptors (Lipinski definition) is 5. The third-order valence-electron chi connectivity index (χ3n) is 4.02. The summed E-state index contributed by atoms with van der Waals surface area (Å²) in [6.45, 7) is 4.41. The molecule has 3 aromatic rings. The average Bonchev–Trinajstić information content (AvgIpc) is 2.72. The van der Waals surface area contributed by atoms with Gasteiger partial charge in [0, 0.05) is 36.3 Å². The Balaban J connectivity index is 1.61. The number of carbonyl (C=O) groups is 1. The Kier molecular flexibility index (Phi) is 6.10. The first kappa shape index (κ1) is 18.5. The van der Waals surface area contributed by atoms with Crippen molar-refractivity contribution in [3.63, 3.8) is 0 Å². The summed E-state index contributed by atoms with van der Waals surface area (Å²) in [7, 11) is 0. The largest absolute Gasteiger partial charge is 0.467 e. The summed E-state index contributed by atoms with van der Waals surface area (Å²) < 4.78 is 5.60. The summed E-state index contributed by atoms with van der Waals surface area (Å²) in [5.74, 6) is 0.753. The van der Waals surface area contributed by atoms with Crippen molar-refractivity contribution < 1.29 is 9.53 Å². The van der Waals surface area contributed by atoms with E-state index in [9.17, 15) is 4.79 Å². The van der Waals surface area contributed by atoms with Crippen LogP contribution in [0.2, 0.25) is 0 Å². The Labute approximate surface area is 158 Å². The number of amides is 1. The Bertz CT molecular complexity index is 896. The fraction of sp³-hybridized carbons (Fsp3) is 0.238. The summed E-state index contributed by atoms with van der Waals surface area (Å²) in [6, 6.07) is 13.5. The molecule has 1 amide bonds. The van der Waals surface area contributed by atoms with Crippen LogP contribution in [0, 0.1) is 6.92 Å². The standard InChI is InChI=1S/C21H22N4O2/c1-3-18-12-20(25-21(24-18)17-8-10-22-11-9-17)27-14-19(26)23-13-16-6-4-15(2)5-7-16/h4-12H,3,13-14H2,1-2H3,(H,23,26). The molecule has 0 aliphatic carbocycles. The van der Waals surface area contributed by atoms with Gasteiger partial charge in [-0.2, -0.15) is 4.98 Å². The number of hydrogen-bond donors (Lipinski definition) is 1. The number of aryl methyl sites for hydroxylation is 2. The number of ether oxygens (including phenoxy) is 1. The highest BCUT2D eigenvalue weighted by atomic mass is 16.5. The minimum atomic E-state index is -0.197. The molecule has 0 fully saturated rings. The van der Waals surface area contributed by atoms with Gasteiger partial charge in [0.2, 0.25) is 5.88 Å². The fourth-order valence-electron chi connectivity index (χ4n) is 2.45. The van der Waals surface area contributed by atoms with Gasteiger partial charge in [-0.05, 0) is 31.0 Å². The van der Waals surface area contributed by atoms with Crippen LogP contribution in [-0.4, -0.2) is 27.5 Å². The number of benzene rings is 1. The van der Waals surface area contributed by atoms with Gasteiger partial charge in [-0.1, -0.05) is 36.8 Å². The summed E-state index contributed by atoms with van der Waals surface area (Å²) in [6.07, 6.45) is 4.13. The van der Waals surface area contributed by atoms with E-state index in [0.29, 0.717) is 18.2 Å². The fourth-order valence-corrected chi connectivity index (χ4v) is 2.45. The Hall–Kier alpha value is -3.28. The van der Waals surface area contributed by atoms with E-state index >= 15 is 0 Å². The Morgan fingerprint density at radius 2 is 1.81 bits per heavy atom. The van der Waals surface area contributed by atoms with Gasteiger partial charge in [-0.25, -0.2) is 4.98 Å². The van der Waals surface area contributed by atoms with Crippen molar-refractivity contribution in [2.24, 2.45) is 0 Å². The molecule has 1 N–H and O–H groups in total. The molecule has 0 aliphatic rings. The summed E-state index contributed by atoms with van der Waals surface area (Å²) in [5.41, 5.74) is 3.94. The molecule has 6 nitrogen and oxygen atoms in total. The number of nitrogens with one attached hydrogen (secondary N) is 1. The second-order valence-corrected chi connectivity index (χ2v) is 6.16. The topological polar surface area (TPSA) is 77.0 Å². The average molecular weight is 362 g/mol. The lowest BCUT2D eigenvalue weighted by Crippen LogP contribution is -2.28. The molecule has 0 unspecified atom stereocenters. The summed E-state index contributed by atoms with van der Waals surface area (Å²) in [4.78, 5) is 25.0. The predicted molar refractivity (Wildman–Crippen MR) is 103 cm³/mol. The van der Waals surface area contributed by atoms with Crippen molar-refractivity contribution in [2.45, 2.75) is 26.8 Å². The highest BCUT2D eigenvalue weighted by molar-refractivity contribution is 5.77. The van der Waals surface area contributed by atoms with E-state index in [1.54, 1.807) is 18.5 Å². The van der Waals surface area contributed by atoms with Crippen LogP contribution in [0.4, 0.5) is 0 Å². The van der Waals surface area contributed by atoms with Crippen LogP contribution in [0.3, 0.4) is 0 Å². The quantitative estimate of drug-likeness (QED) is 0.699. The second-order valence-electron chi connectivity index (χ2n) is 6.16. The molecule has 1 aromatic carbocycles. The van der Waals surface area contributed by atoms with Crippen LogP contribution < -0.4 is 10.1 Å². The van der Waals surface area contributed by atoms with Gasteiger partial charge in [-0.15, -0.1) is 0 Å². The van der Waals surface area contributed by atoms with Crippen LogP contribution >= 0.6 is 0 Å². The lowest BCUT2D eigenvalue weighted by molar-refractivity contribution is -0.123. The Morgan fingerprint density at radius 1 is 1.07 bits per heavy atom. The molecule has 3 rings (SSSR count). The molecular weight excluding hydrogens is 340 g/mol. The molecule has 0 saturated heterocycles. The molecule has 0 radical (unpaired) electrons. The van der Waals surface area contributed by atoms with E-state index < -0.39 is 0 Å². The summed E-state index contributed by atoms with van der Waals surface area (Å²) >= 11 is 0. The molecule has 138 valence electrons. The lowest BCUT2D eigenvalue weighted by Gasteiger charge is -2.10. The third kappa shape index (κ3) is 5.34. The van der Waals surface area contributed by atoms with Crippen molar-refractivity contribution in [2.75, 3.05) is 6.61 Å². The smallest absolute Gasteiger partial charge is 0.258 e. The van der Waals surface area contributed by atoms with E-state index in [0.717, 1.165) is 23.2 Å². The van der Waals surface area contributed by atoms with Gasteiger partial charge in [0.05, 0.1) is 0 Å². The zero-order valence-corrected chi connectivity index (χ0v) is 15.5. The predicted octanol–water partition coefficient (Wildman–Crippen LogP) is 3.10. The number of pyridine rings is 1. The van der Waals surface area contributed by atoms with Crippen LogP contribution in [0.5, 0.6) is 5.88 Å². The van der Waals surface area contributed by atoms with Crippen molar-refractivity contribution in [1.82, 2.24) is 20.3 Å². The van der Waals surface area contributed by atoms with Gasteiger partial charge >= 0.3 is 0 Å². The van der Waals surface area contributed by atoms with E-state index in [2.05, 4.69) is 20.3 Å². The molecule has 0 bridgehead atoms. The van der Waals surface area contributed by atoms with E-state index in [1.807, 2.05) is 50.2 Å². The number of carbonyl (C=O) groups excluding carboxylic acids is 1. The third-order valence-corrected chi connectivity index (χ3v) is 4.02. The zero-order chi connectivity index (χ0) is 19.1. The van der Waals surface area contributed by atoms with Gasteiger partial charge in [0.15, 0.2) is 12.4 Å². The van der Waals surface area contributed by atoms with Gasteiger partial charge in [0.1, 0.15) is 0 Å². The molecule has 6 heteroatoms. The Morgan fingerprint density at radius 3 is 2.52 bits per heavy atom. The van der Waals surface area contributed by atoms with Crippen LogP contribution in [-0.2, 0) is 17.8 Å². The van der Waals surface area contributed by atoms with Gasteiger partial charge < -0.3 is 10.1 Å². The van der Waals surface area contributed by atoms with Crippen molar-refractivity contribution in [3.05, 3.63) is 71.7 Å². The molecule has 2 aromatic heterocycles. The normalized spacial score (nSPS) is 10.4. The zero-order valence-electron chi connectivity index (χ0n) is 15.5. The van der Waals surface area contributed by atoms with E-state index in [1.165, 1.54) is 5.56 Å². The minimum Gasteiger partial charge on any atom is -0.467 e. The molecule has 2 heterocycles. The van der Waals surface area contributed by atoms with Gasteiger partial charge in [-0.3, -0.25) is 9.78 Å². The second kappa shape index (κ2) is 8.89. The molecule has 0 saturated carbocycles. The molecule has 27 heavy (non-hydrogen) atoms. The number of rotatable bonds is 7. The minimum absolute atomic E-state index is 0.0954.